The number of rotatable bonds is 5. The molecule has 2 heterocycles. The first-order chi connectivity index (χ1) is 12.1. The van der Waals surface area contributed by atoms with E-state index in [1.54, 1.807) is 6.07 Å². The molecule has 1 aliphatic rings. The van der Waals surface area contributed by atoms with Crippen LogP contribution in [0.3, 0.4) is 0 Å². The summed E-state index contributed by atoms with van der Waals surface area (Å²) in [6, 6.07) is 9.52. The molecule has 0 bridgehead atoms. The molecule has 0 unspecified atom stereocenters. The molecule has 6 heteroatoms. The summed E-state index contributed by atoms with van der Waals surface area (Å²) in [6.07, 6.45) is 0. The van der Waals surface area contributed by atoms with E-state index in [4.69, 9.17) is 4.74 Å². The van der Waals surface area contributed by atoms with Gasteiger partial charge in [-0.25, -0.2) is 0 Å². The van der Waals surface area contributed by atoms with Crippen LogP contribution in [0.25, 0.3) is 10.9 Å². The predicted octanol–water partition coefficient (Wildman–Crippen LogP) is 1.15. The Kier molecular flexibility index (Phi) is 5.50. The summed E-state index contributed by atoms with van der Waals surface area (Å²) in [5.41, 5.74) is 1.58. The molecule has 1 atom stereocenters. The lowest BCUT2D eigenvalue weighted by Gasteiger charge is -2.32. The summed E-state index contributed by atoms with van der Waals surface area (Å²) in [6.45, 7) is 7.87. The standard InChI is InChI=1S/C19H25N3O3/c1-14-11-19(24)22(17-6-4-3-5-16(14)17)13-18(23)20-12-15(2)21-7-9-25-10-8-21/h3-6,11,15H,7-10,12-13H2,1-2H3,(H,20,23)/t15-/m0/s1. The molecule has 0 spiro atoms. The third-order valence-electron chi connectivity index (χ3n) is 4.79. The van der Waals surface area contributed by atoms with Crippen LogP contribution in [0.5, 0.6) is 0 Å². The summed E-state index contributed by atoms with van der Waals surface area (Å²) >= 11 is 0. The van der Waals surface area contributed by atoms with E-state index in [0.29, 0.717) is 6.54 Å². The Morgan fingerprint density at radius 3 is 2.76 bits per heavy atom. The minimum Gasteiger partial charge on any atom is -0.379 e. The van der Waals surface area contributed by atoms with Gasteiger partial charge >= 0.3 is 0 Å². The van der Waals surface area contributed by atoms with Crippen molar-refractivity contribution in [3.63, 3.8) is 0 Å². The number of benzene rings is 1. The topological polar surface area (TPSA) is 63.6 Å². The lowest BCUT2D eigenvalue weighted by Crippen LogP contribution is -2.47. The number of nitrogens with zero attached hydrogens (tertiary/aromatic N) is 2. The molecule has 0 aliphatic carbocycles. The average Bonchev–Trinajstić information content (AvgIpc) is 2.64. The number of aromatic nitrogens is 1. The van der Waals surface area contributed by atoms with Gasteiger partial charge in [0.1, 0.15) is 6.54 Å². The minimum absolute atomic E-state index is 0.0372. The molecule has 0 saturated carbocycles. The van der Waals surface area contributed by atoms with Crippen molar-refractivity contribution >= 4 is 16.8 Å². The minimum atomic E-state index is -0.146. The van der Waals surface area contributed by atoms with Gasteiger partial charge in [-0.1, -0.05) is 18.2 Å². The normalized spacial score (nSPS) is 16.7. The first-order valence-corrected chi connectivity index (χ1v) is 8.74. The molecule has 25 heavy (non-hydrogen) atoms. The Bertz CT molecular complexity index is 809. The van der Waals surface area contributed by atoms with Gasteiger partial charge in [-0.05, 0) is 25.5 Å². The van der Waals surface area contributed by atoms with Crippen molar-refractivity contribution in [1.82, 2.24) is 14.8 Å². The number of hydrogen-bond donors (Lipinski definition) is 1. The van der Waals surface area contributed by atoms with Crippen molar-refractivity contribution in [2.75, 3.05) is 32.8 Å². The molecule has 6 nitrogen and oxygen atoms in total. The summed E-state index contributed by atoms with van der Waals surface area (Å²) < 4.78 is 6.89. The lowest BCUT2D eigenvalue weighted by atomic mass is 10.1. The molecule has 1 aromatic heterocycles. The monoisotopic (exact) mass is 343 g/mol. The summed E-state index contributed by atoms with van der Waals surface area (Å²) in [7, 11) is 0. The maximum atomic E-state index is 12.4. The number of fused-ring (bicyclic) bond motifs is 1. The number of aryl methyl sites for hydroxylation is 1. The molecule has 3 rings (SSSR count). The molecule has 1 fully saturated rings. The van der Waals surface area contributed by atoms with E-state index >= 15 is 0 Å². The van der Waals surface area contributed by atoms with Crippen molar-refractivity contribution in [2.24, 2.45) is 0 Å². The SMILES string of the molecule is Cc1cc(=O)n(CC(=O)NC[C@H](C)N2CCOCC2)c2ccccc12. The highest BCUT2D eigenvalue weighted by atomic mass is 16.5. The first-order valence-electron chi connectivity index (χ1n) is 8.74. The van der Waals surface area contributed by atoms with Crippen LogP contribution in [0.4, 0.5) is 0 Å². The second-order valence-electron chi connectivity index (χ2n) is 6.57. The Morgan fingerprint density at radius 2 is 2.00 bits per heavy atom. The zero-order valence-corrected chi connectivity index (χ0v) is 14.8. The van der Waals surface area contributed by atoms with Crippen LogP contribution in [0, 0.1) is 6.92 Å². The van der Waals surface area contributed by atoms with Crippen LogP contribution in [-0.2, 0) is 16.1 Å². The molecule has 1 aromatic carbocycles. The van der Waals surface area contributed by atoms with Crippen LogP contribution in [0.1, 0.15) is 12.5 Å². The second kappa shape index (κ2) is 7.80. The zero-order chi connectivity index (χ0) is 17.8. The van der Waals surface area contributed by atoms with Crippen LogP contribution in [0.15, 0.2) is 35.1 Å². The largest absolute Gasteiger partial charge is 0.379 e. The van der Waals surface area contributed by atoms with Crippen molar-refractivity contribution in [2.45, 2.75) is 26.4 Å². The number of amides is 1. The van der Waals surface area contributed by atoms with E-state index in [0.717, 1.165) is 42.8 Å². The van der Waals surface area contributed by atoms with Crippen molar-refractivity contribution in [3.05, 3.63) is 46.2 Å². The molecule has 2 aromatic rings. The molecular formula is C19H25N3O3. The van der Waals surface area contributed by atoms with Crippen molar-refractivity contribution in [3.8, 4) is 0 Å². The van der Waals surface area contributed by atoms with E-state index in [-0.39, 0.29) is 24.1 Å². The number of ether oxygens (including phenoxy) is 1. The zero-order valence-electron chi connectivity index (χ0n) is 14.8. The maximum Gasteiger partial charge on any atom is 0.251 e. The van der Waals surface area contributed by atoms with Gasteiger partial charge in [0.25, 0.3) is 5.56 Å². The highest BCUT2D eigenvalue weighted by Crippen LogP contribution is 2.15. The van der Waals surface area contributed by atoms with Gasteiger partial charge in [0.05, 0.1) is 18.7 Å². The van der Waals surface area contributed by atoms with Gasteiger partial charge in [0.15, 0.2) is 0 Å². The Labute approximate surface area is 147 Å². The summed E-state index contributed by atoms with van der Waals surface area (Å²) in [5.74, 6) is -0.142. The highest BCUT2D eigenvalue weighted by molar-refractivity contribution is 5.84. The highest BCUT2D eigenvalue weighted by Gasteiger charge is 2.18. The summed E-state index contributed by atoms with van der Waals surface area (Å²) in [4.78, 5) is 27.0. The third kappa shape index (κ3) is 4.08. The number of nitrogens with one attached hydrogen (secondary N) is 1. The molecule has 1 saturated heterocycles. The Morgan fingerprint density at radius 1 is 1.28 bits per heavy atom. The first kappa shape index (κ1) is 17.6. The van der Waals surface area contributed by atoms with Gasteiger partial charge < -0.3 is 10.1 Å². The molecular weight excluding hydrogens is 318 g/mol. The molecule has 1 amide bonds. The van der Waals surface area contributed by atoms with E-state index in [2.05, 4.69) is 17.1 Å². The molecule has 0 radical (unpaired) electrons. The quantitative estimate of drug-likeness (QED) is 0.884. The number of carbonyl (C=O) groups is 1. The number of morpholine rings is 1. The van der Waals surface area contributed by atoms with Crippen molar-refractivity contribution < 1.29 is 9.53 Å². The number of carbonyl (C=O) groups excluding carboxylic acids is 1. The lowest BCUT2D eigenvalue weighted by molar-refractivity contribution is -0.122. The van der Waals surface area contributed by atoms with E-state index in [9.17, 15) is 9.59 Å². The van der Waals surface area contributed by atoms with Gasteiger partial charge in [0.2, 0.25) is 5.91 Å². The van der Waals surface area contributed by atoms with Crippen LogP contribution in [0.2, 0.25) is 0 Å². The number of hydrogen-bond acceptors (Lipinski definition) is 4. The van der Waals surface area contributed by atoms with Gasteiger partial charge in [-0.3, -0.25) is 19.1 Å². The third-order valence-corrected chi connectivity index (χ3v) is 4.79. The van der Waals surface area contributed by atoms with E-state index < -0.39 is 0 Å². The van der Waals surface area contributed by atoms with Gasteiger partial charge in [0, 0.05) is 37.1 Å². The Hall–Kier alpha value is -2.18. The smallest absolute Gasteiger partial charge is 0.251 e. The van der Waals surface area contributed by atoms with Crippen LogP contribution in [-0.4, -0.2) is 54.3 Å². The average molecular weight is 343 g/mol. The Balaban J connectivity index is 1.67. The molecule has 134 valence electrons. The summed E-state index contributed by atoms with van der Waals surface area (Å²) in [5, 5.41) is 3.95. The predicted molar refractivity (Wildman–Crippen MR) is 97.8 cm³/mol. The van der Waals surface area contributed by atoms with E-state index in [1.807, 2.05) is 31.2 Å². The van der Waals surface area contributed by atoms with Gasteiger partial charge in [-0.2, -0.15) is 0 Å². The van der Waals surface area contributed by atoms with Crippen LogP contribution >= 0.6 is 0 Å². The molecule has 1 N–H and O–H groups in total. The fourth-order valence-electron chi connectivity index (χ4n) is 3.27. The van der Waals surface area contributed by atoms with E-state index in [1.165, 1.54) is 4.57 Å². The fourth-order valence-corrected chi connectivity index (χ4v) is 3.27. The number of pyridine rings is 1. The number of para-hydroxylation sites is 1. The maximum absolute atomic E-state index is 12.4. The van der Waals surface area contributed by atoms with Gasteiger partial charge in [-0.15, -0.1) is 0 Å². The second-order valence-corrected chi connectivity index (χ2v) is 6.57. The molecule has 1 aliphatic heterocycles. The fraction of sp³-hybridized carbons (Fsp3) is 0.474. The van der Waals surface area contributed by atoms with Crippen LogP contribution < -0.4 is 10.9 Å². The van der Waals surface area contributed by atoms with Crippen molar-refractivity contribution in [1.29, 1.82) is 0 Å².